The molecule has 2 nitrogen and oxygen atoms in total. The van der Waals surface area contributed by atoms with Crippen LogP contribution < -0.4 is 0 Å². The molecule has 0 amide bonds. The molecule has 0 N–H and O–H groups in total. The Morgan fingerprint density at radius 1 is 0.909 bits per heavy atom. The van der Waals surface area contributed by atoms with Gasteiger partial charge in [0.05, 0.1) is 13.0 Å². The largest absolute Gasteiger partial charge is 0.353 e. The fraction of sp³-hybridized carbons (Fsp3) is 0.800. The number of rotatable bonds is 9. The van der Waals surface area contributed by atoms with Gasteiger partial charge in [-0.1, -0.05) is 56.8 Å². The molecule has 1 heterocycles. The minimum Gasteiger partial charge on any atom is -0.353 e. The van der Waals surface area contributed by atoms with Crippen LogP contribution in [0.15, 0.2) is 0 Å². The molecule has 0 saturated carbocycles. The molecule has 0 bridgehead atoms. The van der Waals surface area contributed by atoms with Gasteiger partial charge in [-0.15, -0.1) is 5.92 Å². The number of ether oxygens (including phenoxy) is 2. The fourth-order valence-electron chi connectivity index (χ4n) is 2.42. The van der Waals surface area contributed by atoms with Crippen LogP contribution in [0, 0.1) is 23.7 Å². The Kier molecular flexibility index (Phi) is 13.0. The van der Waals surface area contributed by atoms with E-state index < -0.39 is 0 Å². The Balaban J connectivity index is 1.86. The van der Waals surface area contributed by atoms with E-state index in [1.807, 2.05) is 0 Å². The lowest BCUT2D eigenvalue weighted by Gasteiger charge is -2.22. The van der Waals surface area contributed by atoms with Crippen molar-refractivity contribution < 1.29 is 9.47 Å². The molecule has 1 aliphatic heterocycles. The lowest BCUT2D eigenvalue weighted by Crippen LogP contribution is -2.22. The van der Waals surface area contributed by atoms with Crippen molar-refractivity contribution in [2.24, 2.45) is 0 Å². The highest BCUT2D eigenvalue weighted by Crippen LogP contribution is 2.13. The molecule has 0 aromatic rings. The molecule has 0 aliphatic carbocycles. The van der Waals surface area contributed by atoms with E-state index in [2.05, 4.69) is 30.6 Å². The van der Waals surface area contributed by atoms with Crippen molar-refractivity contribution in [3.63, 3.8) is 0 Å². The van der Waals surface area contributed by atoms with Crippen LogP contribution in [0.1, 0.15) is 84.0 Å². The van der Waals surface area contributed by atoms with Crippen molar-refractivity contribution in [2.45, 2.75) is 90.3 Å². The third kappa shape index (κ3) is 11.7. The van der Waals surface area contributed by atoms with E-state index in [0.717, 1.165) is 32.3 Å². The molecule has 0 spiro atoms. The third-order valence-corrected chi connectivity index (χ3v) is 3.75. The molecule has 124 valence electrons. The minimum absolute atomic E-state index is 0.00710. The minimum atomic E-state index is 0.00710. The molecular weight excluding hydrogens is 272 g/mol. The number of hydrogen-bond acceptors (Lipinski definition) is 2. The third-order valence-electron chi connectivity index (χ3n) is 3.75. The van der Waals surface area contributed by atoms with Crippen LogP contribution in [0.25, 0.3) is 0 Å². The van der Waals surface area contributed by atoms with Crippen LogP contribution in [-0.2, 0) is 9.47 Å². The number of unbranched alkanes of at least 4 members (excludes halogenated alkanes) is 6. The highest BCUT2D eigenvalue weighted by molar-refractivity contribution is 5.11. The number of hydrogen-bond donors (Lipinski definition) is 0. The fourth-order valence-corrected chi connectivity index (χ4v) is 2.42. The topological polar surface area (TPSA) is 18.5 Å². The van der Waals surface area contributed by atoms with Crippen LogP contribution in [0.4, 0.5) is 0 Å². The summed E-state index contributed by atoms with van der Waals surface area (Å²) in [6, 6.07) is 0. The normalized spacial score (nSPS) is 17.2. The molecule has 0 radical (unpaired) electrons. The molecule has 1 atom stereocenters. The van der Waals surface area contributed by atoms with Crippen LogP contribution in [0.2, 0.25) is 0 Å². The monoisotopic (exact) mass is 304 g/mol. The van der Waals surface area contributed by atoms with E-state index >= 15 is 0 Å². The quantitative estimate of drug-likeness (QED) is 0.437. The van der Waals surface area contributed by atoms with Gasteiger partial charge in [-0.25, -0.2) is 0 Å². The predicted molar refractivity (Wildman–Crippen MR) is 92.3 cm³/mol. The second kappa shape index (κ2) is 15.0. The van der Waals surface area contributed by atoms with Gasteiger partial charge < -0.3 is 9.47 Å². The van der Waals surface area contributed by atoms with E-state index in [1.54, 1.807) is 0 Å². The van der Waals surface area contributed by atoms with E-state index in [-0.39, 0.29) is 6.29 Å². The first kappa shape index (κ1) is 19.1. The molecule has 0 unspecified atom stereocenters. The van der Waals surface area contributed by atoms with Crippen molar-refractivity contribution in [1.29, 1.82) is 0 Å². The molecular formula is C20H32O2. The Morgan fingerprint density at radius 2 is 1.68 bits per heavy atom. The Bertz CT molecular complexity index is 361. The van der Waals surface area contributed by atoms with Crippen molar-refractivity contribution >= 4 is 0 Å². The van der Waals surface area contributed by atoms with Gasteiger partial charge in [0.1, 0.15) is 0 Å². The van der Waals surface area contributed by atoms with Crippen LogP contribution >= 0.6 is 0 Å². The molecule has 0 aromatic carbocycles. The highest BCUT2D eigenvalue weighted by Gasteiger charge is 2.12. The molecule has 1 fully saturated rings. The first-order valence-corrected chi connectivity index (χ1v) is 9.08. The molecule has 0 aromatic heterocycles. The summed E-state index contributed by atoms with van der Waals surface area (Å²) < 4.78 is 11.1. The van der Waals surface area contributed by atoms with Gasteiger partial charge in [0, 0.05) is 19.4 Å². The summed E-state index contributed by atoms with van der Waals surface area (Å²) in [5.74, 6) is 12.6. The molecule has 1 rings (SSSR count). The van der Waals surface area contributed by atoms with E-state index in [4.69, 9.17) is 9.47 Å². The van der Waals surface area contributed by atoms with E-state index in [9.17, 15) is 0 Å². The van der Waals surface area contributed by atoms with Gasteiger partial charge in [-0.3, -0.25) is 0 Å². The Labute approximate surface area is 137 Å². The summed E-state index contributed by atoms with van der Waals surface area (Å²) >= 11 is 0. The van der Waals surface area contributed by atoms with Crippen LogP contribution in [0.3, 0.4) is 0 Å². The summed E-state index contributed by atoms with van der Waals surface area (Å²) in [6.45, 7) is 3.76. The first-order chi connectivity index (χ1) is 10.9. The molecule has 2 heteroatoms. The van der Waals surface area contributed by atoms with Gasteiger partial charge in [0.25, 0.3) is 0 Å². The van der Waals surface area contributed by atoms with E-state index in [0.29, 0.717) is 13.0 Å². The lowest BCUT2D eigenvalue weighted by atomic mass is 10.1. The standard InChI is InChI=1S/C20H32O2/c1-2-3-4-5-6-7-8-9-10-11-12-13-15-18-21-20-17-14-16-19-22-20/h20H,2-8,11,14-19H2,1H3/t20-/m0/s1. The maximum atomic E-state index is 5.62. The smallest absolute Gasteiger partial charge is 0.157 e. The highest BCUT2D eigenvalue weighted by atomic mass is 16.7. The SMILES string of the molecule is CCCCCCCCC#CCC#CCCO[C@@H]1CCCCO1. The maximum absolute atomic E-state index is 5.62. The van der Waals surface area contributed by atoms with Gasteiger partial charge >= 0.3 is 0 Å². The maximum Gasteiger partial charge on any atom is 0.157 e. The van der Waals surface area contributed by atoms with Crippen LogP contribution in [0.5, 0.6) is 0 Å². The average Bonchev–Trinajstić information content (AvgIpc) is 2.56. The summed E-state index contributed by atoms with van der Waals surface area (Å²) in [5.41, 5.74) is 0. The second-order valence-electron chi connectivity index (χ2n) is 5.82. The Morgan fingerprint density at radius 3 is 2.45 bits per heavy atom. The zero-order valence-corrected chi connectivity index (χ0v) is 14.3. The molecule has 1 aliphatic rings. The van der Waals surface area contributed by atoms with Gasteiger partial charge in [0.2, 0.25) is 0 Å². The summed E-state index contributed by atoms with van der Waals surface area (Å²) in [7, 11) is 0. The summed E-state index contributed by atoms with van der Waals surface area (Å²) in [6.07, 6.45) is 13.9. The Hall–Kier alpha value is -0.960. The van der Waals surface area contributed by atoms with Crippen molar-refractivity contribution in [3.8, 4) is 23.7 Å². The van der Waals surface area contributed by atoms with Crippen LogP contribution in [-0.4, -0.2) is 19.5 Å². The summed E-state index contributed by atoms with van der Waals surface area (Å²) in [5, 5.41) is 0. The average molecular weight is 304 g/mol. The van der Waals surface area contributed by atoms with Crippen molar-refractivity contribution in [2.75, 3.05) is 13.2 Å². The zero-order chi connectivity index (χ0) is 15.7. The predicted octanol–water partition coefficient (Wildman–Crippen LogP) is 5.07. The first-order valence-electron chi connectivity index (χ1n) is 9.08. The van der Waals surface area contributed by atoms with Crippen molar-refractivity contribution in [1.82, 2.24) is 0 Å². The molecule has 22 heavy (non-hydrogen) atoms. The van der Waals surface area contributed by atoms with Crippen molar-refractivity contribution in [3.05, 3.63) is 0 Å². The second-order valence-corrected chi connectivity index (χ2v) is 5.82. The van der Waals surface area contributed by atoms with Gasteiger partial charge in [-0.2, -0.15) is 0 Å². The lowest BCUT2D eigenvalue weighted by molar-refractivity contribution is -0.161. The molecule has 1 saturated heterocycles. The summed E-state index contributed by atoms with van der Waals surface area (Å²) in [4.78, 5) is 0. The van der Waals surface area contributed by atoms with Gasteiger partial charge in [0.15, 0.2) is 6.29 Å². The zero-order valence-electron chi connectivity index (χ0n) is 14.3. The van der Waals surface area contributed by atoms with E-state index in [1.165, 1.54) is 44.9 Å². The van der Waals surface area contributed by atoms with Gasteiger partial charge in [-0.05, 0) is 25.7 Å².